The molecule has 128 valence electrons. The summed E-state index contributed by atoms with van der Waals surface area (Å²) in [4.78, 5) is 11.8. The number of hydrogen-bond donors (Lipinski definition) is 1. The van der Waals surface area contributed by atoms with Crippen molar-refractivity contribution in [2.24, 2.45) is 0 Å². The highest BCUT2D eigenvalue weighted by Crippen LogP contribution is 2.21. The van der Waals surface area contributed by atoms with Gasteiger partial charge in [-0.3, -0.25) is 4.79 Å². The molecule has 0 aliphatic rings. The summed E-state index contributed by atoms with van der Waals surface area (Å²) in [5, 5.41) is 3.56. The highest BCUT2D eigenvalue weighted by Gasteiger charge is 2.16. The standard InChI is InChI=1S/C21H27NO2/c1-21(2,3)24-19(23)15-10-16-22-20(17-11-6-4-7-12-17)18-13-8-5-9-14-18/h4-9,11-14,20,22H,10,15-16H2,1-3H3. The maximum absolute atomic E-state index is 11.8. The number of nitrogens with one attached hydrogen (secondary N) is 1. The van der Waals surface area contributed by atoms with E-state index in [0.717, 1.165) is 13.0 Å². The summed E-state index contributed by atoms with van der Waals surface area (Å²) >= 11 is 0. The molecule has 0 heterocycles. The minimum absolute atomic E-state index is 0.131. The van der Waals surface area contributed by atoms with Gasteiger partial charge in [0.25, 0.3) is 0 Å². The molecule has 1 N–H and O–H groups in total. The number of rotatable bonds is 7. The van der Waals surface area contributed by atoms with Crippen LogP contribution in [-0.4, -0.2) is 18.1 Å². The molecule has 0 aliphatic carbocycles. The SMILES string of the molecule is CC(C)(C)OC(=O)CCCNC(c1ccccc1)c1ccccc1. The van der Waals surface area contributed by atoms with Gasteiger partial charge in [0.2, 0.25) is 0 Å². The first-order chi connectivity index (χ1) is 11.5. The van der Waals surface area contributed by atoms with Crippen LogP contribution in [0.5, 0.6) is 0 Å². The number of esters is 1. The molecule has 2 rings (SSSR count). The molecule has 0 fully saturated rings. The molecule has 0 atom stereocenters. The molecule has 0 aliphatic heterocycles. The van der Waals surface area contributed by atoms with Gasteiger partial charge in [-0.15, -0.1) is 0 Å². The van der Waals surface area contributed by atoms with Crippen molar-refractivity contribution in [1.29, 1.82) is 0 Å². The molecular formula is C21H27NO2. The lowest BCUT2D eigenvalue weighted by Gasteiger charge is -2.21. The Morgan fingerprint density at radius 1 is 0.958 bits per heavy atom. The lowest BCUT2D eigenvalue weighted by atomic mass is 9.98. The van der Waals surface area contributed by atoms with Crippen LogP contribution in [-0.2, 0) is 9.53 Å². The second kappa shape index (κ2) is 8.65. The third-order valence-corrected chi connectivity index (χ3v) is 3.59. The van der Waals surface area contributed by atoms with E-state index in [1.165, 1.54) is 11.1 Å². The molecule has 0 bridgehead atoms. The molecule has 2 aromatic carbocycles. The summed E-state index contributed by atoms with van der Waals surface area (Å²) in [6.45, 7) is 6.44. The molecule has 0 aromatic heterocycles. The van der Waals surface area contributed by atoms with E-state index in [9.17, 15) is 4.79 Å². The van der Waals surface area contributed by atoms with Crippen molar-refractivity contribution in [1.82, 2.24) is 5.32 Å². The van der Waals surface area contributed by atoms with Crippen molar-refractivity contribution in [3.8, 4) is 0 Å². The fraction of sp³-hybridized carbons (Fsp3) is 0.381. The van der Waals surface area contributed by atoms with Crippen LogP contribution in [0.3, 0.4) is 0 Å². The lowest BCUT2D eigenvalue weighted by Crippen LogP contribution is -2.26. The maximum Gasteiger partial charge on any atom is 0.306 e. The topological polar surface area (TPSA) is 38.3 Å². The Hall–Kier alpha value is -2.13. The number of carbonyl (C=O) groups is 1. The van der Waals surface area contributed by atoms with Gasteiger partial charge in [0.15, 0.2) is 0 Å². The predicted molar refractivity (Wildman–Crippen MR) is 97.8 cm³/mol. The first-order valence-electron chi connectivity index (χ1n) is 8.51. The fourth-order valence-corrected chi connectivity index (χ4v) is 2.59. The second-order valence-electron chi connectivity index (χ2n) is 6.90. The van der Waals surface area contributed by atoms with Crippen molar-refractivity contribution in [2.75, 3.05) is 6.54 Å². The Morgan fingerprint density at radius 2 is 1.46 bits per heavy atom. The van der Waals surface area contributed by atoms with Crippen molar-refractivity contribution in [2.45, 2.75) is 45.3 Å². The van der Waals surface area contributed by atoms with Gasteiger partial charge >= 0.3 is 5.97 Å². The summed E-state index contributed by atoms with van der Waals surface area (Å²) in [5.41, 5.74) is 2.03. The highest BCUT2D eigenvalue weighted by atomic mass is 16.6. The van der Waals surface area contributed by atoms with Gasteiger partial charge < -0.3 is 10.1 Å². The zero-order valence-electron chi connectivity index (χ0n) is 14.8. The van der Waals surface area contributed by atoms with Gasteiger partial charge in [-0.25, -0.2) is 0 Å². The number of carbonyl (C=O) groups excluding carboxylic acids is 1. The lowest BCUT2D eigenvalue weighted by molar-refractivity contribution is -0.154. The Morgan fingerprint density at radius 3 is 1.92 bits per heavy atom. The largest absolute Gasteiger partial charge is 0.460 e. The van der Waals surface area contributed by atoms with Crippen LogP contribution in [0, 0.1) is 0 Å². The van der Waals surface area contributed by atoms with E-state index in [1.54, 1.807) is 0 Å². The van der Waals surface area contributed by atoms with Crippen molar-refractivity contribution >= 4 is 5.97 Å². The van der Waals surface area contributed by atoms with Gasteiger partial charge in [0, 0.05) is 6.42 Å². The van der Waals surface area contributed by atoms with Gasteiger partial charge in [-0.2, -0.15) is 0 Å². The molecule has 0 unspecified atom stereocenters. The molecular weight excluding hydrogens is 298 g/mol. The molecule has 0 amide bonds. The van der Waals surface area contributed by atoms with Crippen LogP contribution < -0.4 is 5.32 Å². The summed E-state index contributed by atoms with van der Waals surface area (Å²) in [5.74, 6) is -0.139. The Balaban J connectivity index is 1.92. The number of hydrogen-bond acceptors (Lipinski definition) is 3. The molecule has 0 radical (unpaired) electrons. The zero-order valence-corrected chi connectivity index (χ0v) is 14.8. The second-order valence-corrected chi connectivity index (χ2v) is 6.90. The third-order valence-electron chi connectivity index (χ3n) is 3.59. The van der Waals surface area contributed by atoms with E-state index in [4.69, 9.17) is 4.74 Å². The van der Waals surface area contributed by atoms with Crippen LogP contribution in [0.4, 0.5) is 0 Å². The zero-order chi connectivity index (χ0) is 17.4. The molecule has 3 heteroatoms. The van der Waals surface area contributed by atoms with Crippen molar-refractivity contribution < 1.29 is 9.53 Å². The van der Waals surface area contributed by atoms with Crippen molar-refractivity contribution in [3.05, 3.63) is 71.8 Å². The fourth-order valence-electron chi connectivity index (χ4n) is 2.59. The summed E-state index contributed by atoms with van der Waals surface area (Å²) in [6.07, 6.45) is 1.19. The van der Waals surface area contributed by atoms with E-state index in [-0.39, 0.29) is 12.0 Å². The first kappa shape index (κ1) is 18.2. The number of ether oxygens (including phenoxy) is 1. The average molecular weight is 325 g/mol. The van der Waals surface area contributed by atoms with Gasteiger partial charge in [-0.05, 0) is 44.9 Å². The monoisotopic (exact) mass is 325 g/mol. The quantitative estimate of drug-likeness (QED) is 0.602. The molecule has 0 saturated heterocycles. The molecule has 0 saturated carbocycles. The summed E-state index contributed by atoms with van der Waals surface area (Å²) in [6, 6.07) is 20.9. The van der Waals surface area contributed by atoms with E-state index >= 15 is 0 Å². The normalized spacial score (nSPS) is 11.5. The first-order valence-corrected chi connectivity index (χ1v) is 8.51. The average Bonchev–Trinajstić information content (AvgIpc) is 2.55. The number of benzene rings is 2. The van der Waals surface area contributed by atoms with Crippen LogP contribution in [0.15, 0.2) is 60.7 Å². The molecule has 2 aromatic rings. The van der Waals surface area contributed by atoms with E-state index in [0.29, 0.717) is 6.42 Å². The van der Waals surface area contributed by atoms with Gasteiger partial charge in [-0.1, -0.05) is 60.7 Å². The molecule has 3 nitrogen and oxygen atoms in total. The third kappa shape index (κ3) is 6.17. The smallest absolute Gasteiger partial charge is 0.306 e. The maximum atomic E-state index is 11.8. The molecule has 24 heavy (non-hydrogen) atoms. The van der Waals surface area contributed by atoms with Gasteiger partial charge in [0.1, 0.15) is 5.60 Å². The molecule has 0 spiro atoms. The van der Waals surface area contributed by atoms with E-state index in [2.05, 4.69) is 29.6 Å². The minimum Gasteiger partial charge on any atom is -0.460 e. The Bertz CT molecular complexity index is 578. The van der Waals surface area contributed by atoms with Gasteiger partial charge in [0.05, 0.1) is 6.04 Å². The van der Waals surface area contributed by atoms with E-state index < -0.39 is 5.60 Å². The summed E-state index contributed by atoms with van der Waals surface area (Å²) < 4.78 is 5.35. The predicted octanol–water partition coefficient (Wildman–Crippen LogP) is 4.49. The Labute approximate surface area is 145 Å². The minimum atomic E-state index is -0.416. The van der Waals surface area contributed by atoms with Crippen LogP contribution >= 0.6 is 0 Å². The van der Waals surface area contributed by atoms with Crippen LogP contribution in [0.25, 0.3) is 0 Å². The van der Waals surface area contributed by atoms with Crippen LogP contribution in [0.2, 0.25) is 0 Å². The van der Waals surface area contributed by atoms with E-state index in [1.807, 2.05) is 57.2 Å². The highest BCUT2D eigenvalue weighted by molar-refractivity contribution is 5.69. The van der Waals surface area contributed by atoms with Crippen LogP contribution in [0.1, 0.15) is 50.8 Å². The summed E-state index contributed by atoms with van der Waals surface area (Å²) in [7, 11) is 0. The van der Waals surface area contributed by atoms with Crippen molar-refractivity contribution in [3.63, 3.8) is 0 Å². The Kier molecular flexibility index (Phi) is 6.56.